The van der Waals surface area contributed by atoms with Gasteiger partial charge in [-0.3, -0.25) is 4.68 Å². The number of hydrogen-bond acceptors (Lipinski definition) is 4. The number of aromatic nitrogens is 4. The number of anilines is 1. The molecule has 3 heterocycles. The number of nitrogens with one attached hydrogen (secondary N) is 1. The summed E-state index contributed by atoms with van der Waals surface area (Å²) in [5.74, 6) is 0.887. The molecule has 0 aromatic carbocycles. The summed E-state index contributed by atoms with van der Waals surface area (Å²) in [7, 11) is 1.91. The van der Waals surface area contributed by atoms with E-state index in [0.29, 0.717) is 4.64 Å². The molecule has 0 spiro atoms. The number of aryl methyl sites for hydroxylation is 1. The Bertz CT molecular complexity index is 637. The second-order valence-electron chi connectivity index (χ2n) is 5.26. The van der Waals surface area contributed by atoms with Gasteiger partial charge >= 0.3 is 0 Å². The van der Waals surface area contributed by atoms with Gasteiger partial charge in [0, 0.05) is 31.9 Å². The summed E-state index contributed by atoms with van der Waals surface area (Å²) in [6.07, 6.45) is 8.87. The predicted molar refractivity (Wildman–Crippen MR) is 82.3 cm³/mol. The normalized spacial score (nSPS) is 16.1. The molecular weight excluding hydrogens is 270 g/mol. The number of nitrogens with zero attached hydrogens (tertiary/aromatic N) is 4. The molecule has 0 amide bonds. The summed E-state index contributed by atoms with van der Waals surface area (Å²) < 4.78 is 2.42. The number of H-pyrrole nitrogens is 1. The highest BCUT2D eigenvalue weighted by atomic mass is 32.1. The predicted octanol–water partition coefficient (Wildman–Crippen LogP) is 2.92. The van der Waals surface area contributed by atoms with Gasteiger partial charge in [-0.25, -0.2) is 4.98 Å². The second kappa shape index (κ2) is 5.75. The quantitative estimate of drug-likeness (QED) is 0.864. The van der Waals surface area contributed by atoms with E-state index in [-0.39, 0.29) is 0 Å². The van der Waals surface area contributed by atoms with E-state index in [1.165, 1.54) is 25.7 Å². The number of hydrogen-bond donors (Lipinski definition) is 1. The van der Waals surface area contributed by atoms with E-state index < -0.39 is 0 Å². The fourth-order valence-corrected chi connectivity index (χ4v) is 2.80. The van der Waals surface area contributed by atoms with Crippen LogP contribution < -0.4 is 4.90 Å². The van der Waals surface area contributed by atoms with Crippen LogP contribution in [0.4, 0.5) is 5.95 Å². The van der Waals surface area contributed by atoms with Crippen LogP contribution in [-0.2, 0) is 7.05 Å². The Labute approximate surface area is 123 Å². The molecule has 3 rings (SSSR count). The lowest BCUT2D eigenvalue weighted by atomic mass is 10.2. The second-order valence-corrected chi connectivity index (χ2v) is 5.68. The third-order valence-corrected chi connectivity index (χ3v) is 3.86. The van der Waals surface area contributed by atoms with E-state index in [9.17, 15) is 0 Å². The topological polar surface area (TPSA) is 49.7 Å². The summed E-state index contributed by atoms with van der Waals surface area (Å²) in [5.41, 5.74) is 2.02. The van der Waals surface area contributed by atoms with Gasteiger partial charge in [-0.1, -0.05) is 25.1 Å². The molecule has 1 N–H and O–H groups in total. The van der Waals surface area contributed by atoms with Crippen LogP contribution in [-0.4, -0.2) is 32.8 Å². The summed E-state index contributed by atoms with van der Waals surface area (Å²) in [5, 5.41) is 4.21. The average molecular weight is 289 g/mol. The Morgan fingerprint density at radius 3 is 2.60 bits per heavy atom. The van der Waals surface area contributed by atoms with Crippen LogP contribution in [0.3, 0.4) is 0 Å². The highest BCUT2D eigenvalue weighted by molar-refractivity contribution is 7.71. The average Bonchev–Trinajstić information content (AvgIpc) is 2.71. The third-order valence-electron chi connectivity index (χ3n) is 3.65. The fourth-order valence-electron chi connectivity index (χ4n) is 2.59. The first-order valence-electron chi connectivity index (χ1n) is 7.08. The molecule has 1 aliphatic rings. The molecule has 2 aromatic rings. The standard InChI is InChI=1S/C14H19N5S/c1-18-10-11(9-15-18)12-8-13(20)17-14(16-12)19-6-4-2-3-5-7-19/h8-10H,2-7H2,1H3,(H,16,17,20). The van der Waals surface area contributed by atoms with Gasteiger partial charge < -0.3 is 9.88 Å². The Balaban J connectivity index is 1.95. The summed E-state index contributed by atoms with van der Waals surface area (Å²) in [6.45, 7) is 2.10. The molecule has 0 radical (unpaired) electrons. The molecule has 0 saturated carbocycles. The first-order valence-corrected chi connectivity index (χ1v) is 7.48. The van der Waals surface area contributed by atoms with Gasteiger partial charge in [0.05, 0.1) is 11.9 Å². The first-order chi connectivity index (χ1) is 9.72. The molecule has 0 aliphatic carbocycles. The van der Waals surface area contributed by atoms with Crippen molar-refractivity contribution in [1.82, 2.24) is 19.7 Å². The van der Waals surface area contributed by atoms with Gasteiger partial charge in [-0.05, 0) is 18.9 Å². The van der Waals surface area contributed by atoms with Crippen LogP contribution in [0.25, 0.3) is 11.3 Å². The zero-order chi connectivity index (χ0) is 13.9. The molecule has 20 heavy (non-hydrogen) atoms. The van der Waals surface area contributed by atoms with Crippen molar-refractivity contribution in [2.45, 2.75) is 25.7 Å². The third kappa shape index (κ3) is 2.90. The lowest BCUT2D eigenvalue weighted by Crippen LogP contribution is -2.26. The van der Waals surface area contributed by atoms with Crippen LogP contribution in [0.15, 0.2) is 18.5 Å². The van der Waals surface area contributed by atoms with E-state index in [2.05, 4.69) is 20.0 Å². The van der Waals surface area contributed by atoms with Gasteiger partial charge in [-0.15, -0.1) is 0 Å². The number of rotatable bonds is 2. The minimum absolute atomic E-state index is 0.627. The highest BCUT2D eigenvalue weighted by Gasteiger charge is 2.13. The minimum atomic E-state index is 0.627. The van der Waals surface area contributed by atoms with E-state index >= 15 is 0 Å². The van der Waals surface area contributed by atoms with Crippen molar-refractivity contribution in [3.8, 4) is 11.3 Å². The summed E-state index contributed by atoms with van der Waals surface area (Å²) in [4.78, 5) is 10.2. The highest BCUT2D eigenvalue weighted by Crippen LogP contribution is 2.21. The zero-order valence-electron chi connectivity index (χ0n) is 11.7. The molecule has 0 atom stereocenters. The largest absolute Gasteiger partial charge is 0.342 e. The molecule has 0 bridgehead atoms. The lowest BCUT2D eigenvalue weighted by Gasteiger charge is -2.21. The maximum absolute atomic E-state index is 5.31. The Kier molecular flexibility index (Phi) is 3.82. The zero-order valence-corrected chi connectivity index (χ0v) is 12.5. The van der Waals surface area contributed by atoms with Crippen molar-refractivity contribution in [1.29, 1.82) is 0 Å². The molecule has 2 aromatic heterocycles. The Morgan fingerprint density at radius 1 is 1.20 bits per heavy atom. The molecule has 1 aliphatic heterocycles. The summed E-state index contributed by atoms with van der Waals surface area (Å²) in [6, 6.07) is 1.90. The molecule has 0 unspecified atom stereocenters. The minimum Gasteiger partial charge on any atom is -0.342 e. The van der Waals surface area contributed by atoms with Crippen molar-refractivity contribution < 1.29 is 0 Å². The fraction of sp³-hybridized carbons (Fsp3) is 0.500. The van der Waals surface area contributed by atoms with E-state index in [4.69, 9.17) is 12.2 Å². The van der Waals surface area contributed by atoms with Crippen LogP contribution in [0.5, 0.6) is 0 Å². The van der Waals surface area contributed by atoms with Crippen molar-refractivity contribution in [3.05, 3.63) is 23.1 Å². The Hall–Kier alpha value is -1.69. The lowest BCUT2D eigenvalue weighted by molar-refractivity contribution is 0.726. The van der Waals surface area contributed by atoms with Gasteiger partial charge in [0.2, 0.25) is 5.95 Å². The monoisotopic (exact) mass is 289 g/mol. The van der Waals surface area contributed by atoms with Gasteiger partial charge in [0.1, 0.15) is 4.64 Å². The smallest absolute Gasteiger partial charge is 0.204 e. The molecular formula is C14H19N5S. The Morgan fingerprint density at radius 2 is 1.95 bits per heavy atom. The van der Waals surface area contributed by atoms with Crippen molar-refractivity contribution in [2.24, 2.45) is 7.05 Å². The van der Waals surface area contributed by atoms with Crippen molar-refractivity contribution in [3.63, 3.8) is 0 Å². The molecule has 6 heteroatoms. The van der Waals surface area contributed by atoms with Gasteiger partial charge in [0.25, 0.3) is 0 Å². The maximum atomic E-state index is 5.31. The summed E-state index contributed by atoms with van der Waals surface area (Å²) >= 11 is 5.31. The van der Waals surface area contributed by atoms with E-state index in [1.54, 1.807) is 4.68 Å². The van der Waals surface area contributed by atoms with Gasteiger partial charge in [-0.2, -0.15) is 5.10 Å². The van der Waals surface area contributed by atoms with Crippen LogP contribution >= 0.6 is 12.2 Å². The van der Waals surface area contributed by atoms with Crippen molar-refractivity contribution in [2.75, 3.05) is 18.0 Å². The van der Waals surface area contributed by atoms with Crippen LogP contribution in [0, 0.1) is 4.64 Å². The molecule has 106 valence electrons. The molecule has 1 fully saturated rings. The SMILES string of the molecule is Cn1cc(-c2cc(=S)nc(N3CCCCCC3)[nH]2)cn1. The van der Waals surface area contributed by atoms with Gasteiger partial charge in [0.15, 0.2) is 0 Å². The van der Waals surface area contributed by atoms with E-state index in [0.717, 1.165) is 30.3 Å². The van der Waals surface area contributed by atoms with Crippen LogP contribution in [0.2, 0.25) is 0 Å². The number of aromatic amines is 1. The molecule has 5 nitrogen and oxygen atoms in total. The first kappa shape index (κ1) is 13.3. The maximum Gasteiger partial charge on any atom is 0.204 e. The van der Waals surface area contributed by atoms with Crippen molar-refractivity contribution >= 4 is 18.2 Å². The van der Waals surface area contributed by atoms with E-state index in [1.807, 2.05) is 25.5 Å². The van der Waals surface area contributed by atoms with Crippen LogP contribution in [0.1, 0.15) is 25.7 Å². The molecule has 1 saturated heterocycles.